The van der Waals surface area contributed by atoms with E-state index >= 15 is 0 Å². The smallest absolute Gasteiger partial charge is 0.243 e. The van der Waals surface area contributed by atoms with Gasteiger partial charge in [0.2, 0.25) is 10.0 Å². The Hall–Kier alpha value is -3.35. The first-order valence-corrected chi connectivity index (χ1v) is 12.0. The molecule has 0 saturated carbocycles. The molecule has 0 aliphatic heterocycles. The minimum Gasteiger partial charge on any atom is -0.497 e. The molecule has 0 aliphatic carbocycles. The molecule has 0 N–H and O–H groups in total. The summed E-state index contributed by atoms with van der Waals surface area (Å²) < 4.78 is 38.5. The van der Waals surface area contributed by atoms with Crippen molar-refractivity contribution in [3.8, 4) is 11.5 Å². The van der Waals surface area contributed by atoms with Crippen molar-refractivity contribution in [3.05, 3.63) is 102 Å². The zero-order valence-corrected chi connectivity index (χ0v) is 20.0. The molecule has 3 rings (SSSR count). The second-order valence-corrected chi connectivity index (χ2v) is 9.42. The molecule has 33 heavy (non-hydrogen) atoms. The fourth-order valence-corrected chi connectivity index (χ4v) is 4.52. The first kappa shape index (κ1) is 24.3. The molecule has 0 bridgehead atoms. The van der Waals surface area contributed by atoms with Crippen molar-refractivity contribution >= 4 is 22.2 Å². The van der Waals surface area contributed by atoms with Crippen molar-refractivity contribution in [3.63, 3.8) is 0 Å². The summed E-state index contributed by atoms with van der Waals surface area (Å²) in [5.74, 6) is 1.55. The number of hydrogen-bond acceptors (Lipinski definition) is 4. The van der Waals surface area contributed by atoms with Gasteiger partial charge < -0.3 is 9.47 Å². The third-order valence-corrected chi connectivity index (χ3v) is 6.97. The number of methoxy groups -OCH3 is 2. The van der Waals surface area contributed by atoms with Gasteiger partial charge in [0.1, 0.15) is 11.5 Å². The number of benzene rings is 3. The lowest BCUT2D eigenvalue weighted by atomic mass is 10.2. The van der Waals surface area contributed by atoms with E-state index in [1.165, 1.54) is 4.31 Å². The largest absolute Gasteiger partial charge is 0.497 e. The minimum absolute atomic E-state index is 0.245. The van der Waals surface area contributed by atoms with Gasteiger partial charge in [0.15, 0.2) is 0 Å². The average Bonchev–Trinajstić information content (AvgIpc) is 2.84. The van der Waals surface area contributed by atoms with Crippen molar-refractivity contribution in [2.24, 2.45) is 0 Å². The van der Waals surface area contributed by atoms with E-state index in [0.29, 0.717) is 0 Å². The summed E-state index contributed by atoms with van der Waals surface area (Å²) in [6.45, 7) is 2.42. The summed E-state index contributed by atoms with van der Waals surface area (Å²) in [6.07, 6.45) is 7.53. The number of hydrogen-bond donors (Lipinski definition) is 0. The van der Waals surface area contributed by atoms with Crippen LogP contribution < -0.4 is 9.47 Å². The Kier molecular flexibility index (Phi) is 8.46. The fraction of sp³-hybridized carbons (Fsp3) is 0.185. The van der Waals surface area contributed by atoms with E-state index in [-0.39, 0.29) is 18.0 Å². The molecule has 0 aliphatic rings. The van der Waals surface area contributed by atoms with Crippen LogP contribution in [0.25, 0.3) is 12.2 Å². The molecule has 3 aromatic carbocycles. The van der Waals surface area contributed by atoms with Crippen LogP contribution in [-0.2, 0) is 10.0 Å². The Morgan fingerprint density at radius 1 is 0.697 bits per heavy atom. The molecule has 0 spiro atoms. The third kappa shape index (κ3) is 6.81. The molecular weight excluding hydrogens is 434 g/mol. The van der Waals surface area contributed by atoms with Crippen LogP contribution in [0.1, 0.15) is 16.7 Å². The molecule has 0 saturated heterocycles. The van der Waals surface area contributed by atoms with Gasteiger partial charge in [-0.1, -0.05) is 66.3 Å². The molecule has 0 heterocycles. The van der Waals surface area contributed by atoms with E-state index in [1.54, 1.807) is 26.4 Å². The lowest BCUT2D eigenvalue weighted by Gasteiger charge is -2.19. The highest BCUT2D eigenvalue weighted by Crippen LogP contribution is 2.18. The summed E-state index contributed by atoms with van der Waals surface area (Å²) in [4.78, 5) is 0.281. The highest BCUT2D eigenvalue weighted by atomic mass is 32.2. The first-order chi connectivity index (χ1) is 15.9. The number of sulfonamides is 1. The Labute approximate surface area is 196 Å². The van der Waals surface area contributed by atoms with Crippen LogP contribution in [0.4, 0.5) is 0 Å². The molecule has 0 fully saturated rings. The zero-order valence-electron chi connectivity index (χ0n) is 19.1. The van der Waals surface area contributed by atoms with Gasteiger partial charge in [0.05, 0.1) is 19.1 Å². The average molecular weight is 464 g/mol. The Morgan fingerprint density at radius 2 is 1.12 bits per heavy atom. The number of nitrogens with zero attached hydrogens (tertiary/aromatic N) is 1. The van der Waals surface area contributed by atoms with E-state index < -0.39 is 10.0 Å². The van der Waals surface area contributed by atoms with Gasteiger partial charge in [0, 0.05) is 13.1 Å². The summed E-state index contributed by atoms with van der Waals surface area (Å²) in [5.41, 5.74) is 2.95. The van der Waals surface area contributed by atoms with Gasteiger partial charge in [-0.25, -0.2) is 8.42 Å². The van der Waals surface area contributed by atoms with Gasteiger partial charge in [0.25, 0.3) is 0 Å². The van der Waals surface area contributed by atoms with Crippen LogP contribution in [0.15, 0.2) is 89.8 Å². The van der Waals surface area contributed by atoms with Crippen molar-refractivity contribution < 1.29 is 17.9 Å². The van der Waals surface area contributed by atoms with E-state index in [0.717, 1.165) is 28.2 Å². The molecule has 0 amide bonds. The summed E-state index contributed by atoms with van der Waals surface area (Å²) >= 11 is 0. The summed E-state index contributed by atoms with van der Waals surface area (Å²) in [5, 5.41) is 0. The van der Waals surface area contributed by atoms with E-state index in [9.17, 15) is 8.42 Å². The Morgan fingerprint density at radius 3 is 1.52 bits per heavy atom. The second-order valence-electron chi connectivity index (χ2n) is 7.49. The van der Waals surface area contributed by atoms with Crippen molar-refractivity contribution in [2.75, 3.05) is 27.3 Å². The predicted octanol–water partition coefficient (Wildman–Crippen LogP) is 5.43. The van der Waals surface area contributed by atoms with E-state index in [4.69, 9.17) is 9.47 Å². The highest BCUT2D eigenvalue weighted by Gasteiger charge is 2.22. The SMILES string of the molecule is COc1ccc(/C=C/CN(C/C=C/c2ccc(OC)cc2)S(=O)(=O)c2ccc(C)cc2)cc1. The van der Waals surface area contributed by atoms with E-state index in [2.05, 4.69) is 0 Å². The fourth-order valence-electron chi connectivity index (χ4n) is 3.17. The molecule has 3 aromatic rings. The third-order valence-electron chi connectivity index (χ3n) is 5.13. The van der Waals surface area contributed by atoms with Crippen LogP contribution in [0, 0.1) is 6.92 Å². The Balaban J connectivity index is 1.78. The molecule has 172 valence electrons. The van der Waals surface area contributed by atoms with Crippen molar-refractivity contribution in [1.82, 2.24) is 4.31 Å². The number of ether oxygens (including phenoxy) is 2. The molecule has 0 aromatic heterocycles. The van der Waals surface area contributed by atoms with Crippen LogP contribution >= 0.6 is 0 Å². The molecule has 5 nitrogen and oxygen atoms in total. The zero-order chi connectivity index (χ0) is 23.7. The Bertz CT molecular complexity index is 1120. The lowest BCUT2D eigenvalue weighted by molar-refractivity contribution is 0.414. The summed E-state index contributed by atoms with van der Waals surface area (Å²) in [6, 6.07) is 22.1. The maximum atomic E-state index is 13.3. The van der Waals surface area contributed by atoms with Crippen molar-refractivity contribution in [1.29, 1.82) is 0 Å². The van der Waals surface area contributed by atoms with Gasteiger partial charge >= 0.3 is 0 Å². The second kappa shape index (κ2) is 11.5. The number of rotatable bonds is 10. The first-order valence-electron chi connectivity index (χ1n) is 10.6. The molecular formula is C27H29NO4S. The monoisotopic (exact) mass is 463 g/mol. The van der Waals surface area contributed by atoms with Crippen molar-refractivity contribution in [2.45, 2.75) is 11.8 Å². The van der Waals surface area contributed by atoms with Crippen LogP contribution in [-0.4, -0.2) is 40.0 Å². The minimum atomic E-state index is -3.66. The topological polar surface area (TPSA) is 55.8 Å². The quantitative estimate of drug-likeness (QED) is 0.402. The van der Waals surface area contributed by atoms with Crippen LogP contribution in [0.2, 0.25) is 0 Å². The predicted molar refractivity (Wildman–Crippen MR) is 134 cm³/mol. The maximum Gasteiger partial charge on any atom is 0.243 e. The van der Waals surface area contributed by atoms with Gasteiger partial charge in [-0.15, -0.1) is 0 Å². The van der Waals surface area contributed by atoms with Gasteiger partial charge in [-0.2, -0.15) is 4.31 Å². The lowest BCUT2D eigenvalue weighted by Crippen LogP contribution is -2.31. The molecule has 0 unspecified atom stereocenters. The molecule has 0 radical (unpaired) electrons. The highest BCUT2D eigenvalue weighted by molar-refractivity contribution is 7.89. The van der Waals surface area contributed by atoms with E-state index in [1.807, 2.05) is 91.9 Å². The molecule has 6 heteroatoms. The number of aryl methyl sites for hydroxylation is 1. The maximum absolute atomic E-state index is 13.3. The summed E-state index contributed by atoms with van der Waals surface area (Å²) in [7, 11) is -0.411. The normalized spacial score (nSPS) is 12.0. The standard InChI is InChI=1S/C27H29NO4S/c1-22-8-18-27(19-9-22)33(29,30)28(20-4-6-23-10-14-25(31-2)15-11-23)21-5-7-24-12-16-26(32-3)17-13-24/h4-19H,20-21H2,1-3H3/b6-4+,7-5+. The van der Waals surface area contributed by atoms with Crippen LogP contribution in [0.3, 0.4) is 0 Å². The molecule has 0 atom stereocenters. The van der Waals surface area contributed by atoms with Gasteiger partial charge in [-0.05, 0) is 54.4 Å². The van der Waals surface area contributed by atoms with Gasteiger partial charge in [-0.3, -0.25) is 0 Å². The van der Waals surface area contributed by atoms with Crippen LogP contribution in [0.5, 0.6) is 11.5 Å².